The van der Waals surface area contributed by atoms with Crippen molar-refractivity contribution in [3.05, 3.63) is 36.5 Å². The maximum Gasteiger partial charge on any atom is 0.141 e. The zero-order chi connectivity index (χ0) is 14.3. The number of fused-ring (bicyclic) bond motifs is 1. The van der Waals surface area contributed by atoms with Gasteiger partial charge in [0, 0.05) is 54.0 Å². The van der Waals surface area contributed by atoms with Gasteiger partial charge in [-0.25, -0.2) is 9.97 Å². The van der Waals surface area contributed by atoms with Crippen LogP contribution in [0.1, 0.15) is 12.1 Å². The third kappa shape index (κ3) is 1.68. The molecule has 6 heteroatoms. The van der Waals surface area contributed by atoms with Gasteiger partial charge in [-0.2, -0.15) is 5.26 Å². The lowest BCUT2D eigenvalue weighted by Crippen LogP contribution is -2.57. The lowest BCUT2D eigenvalue weighted by Gasteiger charge is -2.41. The minimum atomic E-state index is -0.138. The standard InChI is InChI=1S/C15H14N6/c16-4-3-15(7-17-8-15)13-10(1-5-18-13)12-11-2-6-19-14(11)21-9-20-12/h1-2,5-6,9,17-18H,3,7-8H2,(H,19,20,21). The fourth-order valence-electron chi connectivity index (χ4n) is 3.06. The van der Waals surface area contributed by atoms with Crippen LogP contribution in [0.3, 0.4) is 0 Å². The summed E-state index contributed by atoms with van der Waals surface area (Å²) in [5, 5.41) is 13.4. The first-order valence-corrected chi connectivity index (χ1v) is 6.88. The highest BCUT2D eigenvalue weighted by molar-refractivity contribution is 5.91. The molecule has 0 saturated carbocycles. The van der Waals surface area contributed by atoms with Crippen LogP contribution >= 0.6 is 0 Å². The molecule has 0 bridgehead atoms. The molecule has 0 spiro atoms. The highest BCUT2D eigenvalue weighted by Crippen LogP contribution is 2.38. The quantitative estimate of drug-likeness (QED) is 0.680. The van der Waals surface area contributed by atoms with Gasteiger partial charge < -0.3 is 15.3 Å². The summed E-state index contributed by atoms with van der Waals surface area (Å²) in [6.07, 6.45) is 5.85. The SMILES string of the molecule is N#CCC1(c2[nH]ccc2-c2ncnc3[nH]ccc23)CNC1. The average molecular weight is 278 g/mol. The first-order chi connectivity index (χ1) is 10.3. The molecule has 104 valence electrons. The van der Waals surface area contributed by atoms with Crippen LogP contribution < -0.4 is 5.32 Å². The number of rotatable bonds is 3. The predicted molar refractivity (Wildman–Crippen MR) is 78.5 cm³/mol. The second-order valence-corrected chi connectivity index (χ2v) is 5.45. The molecule has 4 heterocycles. The van der Waals surface area contributed by atoms with E-state index in [1.807, 2.05) is 24.5 Å². The van der Waals surface area contributed by atoms with Gasteiger partial charge in [0.25, 0.3) is 0 Å². The van der Waals surface area contributed by atoms with Gasteiger partial charge in [-0.1, -0.05) is 0 Å². The topological polar surface area (TPSA) is 93.2 Å². The van der Waals surface area contributed by atoms with E-state index < -0.39 is 0 Å². The number of hydrogen-bond acceptors (Lipinski definition) is 4. The third-order valence-corrected chi connectivity index (χ3v) is 4.23. The Morgan fingerprint density at radius 2 is 2.05 bits per heavy atom. The van der Waals surface area contributed by atoms with Gasteiger partial charge in [-0.05, 0) is 12.1 Å². The fraction of sp³-hybridized carbons (Fsp3) is 0.267. The van der Waals surface area contributed by atoms with Crippen LogP contribution in [-0.2, 0) is 5.41 Å². The molecule has 0 atom stereocenters. The van der Waals surface area contributed by atoms with Crippen LogP contribution in [0.2, 0.25) is 0 Å². The summed E-state index contributed by atoms with van der Waals surface area (Å²) < 4.78 is 0. The van der Waals surface area contributed by atoms with Crippen molar-refractivity contribution in [1.82, 2.24) is 25.3 Å². The first-order valence-electron chi connectivity index (χ1n) is 6.88. The van der Waals surface area contributed by atoms with Gasteiger partial charge in [-0.15, -0.1) is 0 Å². The summed E-state index contributed by atoms with van der Waals surface area (Å²) >= 11 is 0. The fourth-order valence-corrected chi connectivity index (χ4v) is 3.06. The van der Waals surface area contributed by atoms with E-state index in [1.165, 1.54) is 0 Å². The summed E-state index contributed by atoms with van der Waals surface area (Å²) in [7, 11) is 0. The van der Waals surface area contributed by atoms with Crippen LogP contribution in [0.5, 0.6) is 0 Å². The van der Waals surface area contributed by atoms with Gasteiger partial charge in [0.15, 0.2) is 0 Å². The Hall–Kier alpha value is -2.65. The van der Waals surface area contributed by atoms with Crippen molar-refractivity contribution in [1.29, 1.82) is 5.26 Å². The summed E-state index contributed by atoms with van der Waals surface area (Å²) in [6, 6.07) is 6.32. The number of nitrogens with zero attached hydrogens (tertiary/aromatic N) is 3. The molecule has 0 aromatic carbocycles. The van der Waals surface area contributed by atoms with Crippen molar-refractivity contribution in [2.75, 3.05) is 13.1 Å². The molecule has 4 rings (SSSR count). The van der Waals surface area contributed by atoms with Gasteiger partial charge in [0.05, 0.1) is 11.8 Å². The Kier molecular flexibility index (Phi) is 2.56. The molecule has 0 radical (unpaired) electrons. The molecular weight excluding hydrogens is 264 g/mol. The maximum atomic E-state index is 9.14. The van der Waals surface area contributed by atoms with E-state index in [1.54, 1.807) is 6.33 Å². The Labute approximate surface area is 121 Å². The number of H-pyrrole nitrogens is 2. The van der Waals surface area contributed by atoms with Gasteiger partial charge in [-0.3, -0.25) is 0 Å². The van der Waals surface area contributed by atoms with Crippen molar-refractivity contribution in [3.63, 3.8) is 0 Å². The predicted octanol–water partition coefficient (Wildman–Crippen LogP) is 1.71. The molecule has 1 aliphatic rings. The largest absolute Gasteiger partial charge is 0.364 e. The molecule has 6 nitrogen and oxygen atoms in total. The summed E-state index contributed by atoms with van der Waals surface area (Å²) in [5.74, 6) is 0. The smallest absolute Gasteiger partial charge is 0.141 e. The first kappa shape index (κ1) is 12.1. The zero-order valence-electron chi connectivity index (χ0n) is 11.3. The number of nitrogens with one attached hydrogen (secondary N) is 3. The normalized spacial score (nSPS) is 16.5. The minimum absolute atomic E-state index is 0.138. The molecular formula is C15H14N6. The van der Waals surface area contributed by atoms with Crippen molar-refractivity contribution < 1.29 is 0 Å². The second-order valence-electron chi connectivity index (χ2n) is 5.45. The number of nitriles is 1. The van der Waals surface area contributed by atoms with E-state index in [0.717, 1.165) is 41.1 Å². The minimum Gasteiger partial charge on any atom is -0.364 e. The van der Waals surface area contributed by atoms with E-state index in [4.69, 9.17) is 5.26 Å². The van der Waals surface area contributed by atoms with Gasteiger partial charge in [0.2, 0.25) is 0 Å². The Morgan fingerprint density at radius 1 is 1.19 bits per heavy atom. The lowest BCUT2D eigenvalue weighted by atomic mass is 9.74. The molecule has 1 saturated heterocycles. The molecule has 1 aliphatic heterocycles. The van der Waals surface area contributed by atoms with E-state index in [-0.39, 0.29) is 5.41 Å². The highest BCUT2D eigenvalue weighted by Gasteiger charge is 2.41. The van der Waals surface area contributed by atoms with E-state index in [0.29, 0.717) is 6.42 Å². The van der Waals surface area contributed by atoms with Crippen molar-refractivity contribution in [2.45, 2.75) is 11.8 Å². The van der Waals surface area contributed by atoms with Crippen LogP contribution in [0, 0.1) is 11.3 Å². The van der Waals surface area contributed by atoms with Crippen molar-refractivity contribution in [2.24, 2.45) is 0 Å². The molecule has 3 N–H and O–H groups in total. The van der Waals surface area contributed by atoms with Gasteiger partial charge >= 0.3 is 0 Å². The van der Waals surface area contributed by atoms with Crippen LogP contribution in [0.25, 0.3) is 22.3 Å². The zero-order valence-corrected chi connectivity index (χ0v) is 11.3. The highest BCUT2D eigenvalue weighted by atomic mass is 15.0. The lowest BCUT2D eigenvalue weighted by molar-refractivity contribution is 0.276. The van der Waals surface area contributed by atoms with E-state index in [2.05, 4.69) is 31.3 Å². The molecule has 0 amide bonds. The van der Waals surface area contributed by atoms with Crippen LogP contribution in [0.4, 0.5) is 0 Å². The maximum absolute atomic E-state index is 9.14. The molecule has 0 aliphatic carbocycles. The van der Waals surface area contributed by atoms with Crippen molar-refractivity contribution in [3.8, 4) is 17.3 Å². The summed E-state index contributed by atoms with van der Waals surface area (Å²) in [6.45, 7) is 1.63. The van der Waals surface area contributed by atoms with Crippen LogP contribution in [0.15, 0.2) is 30.9 Å². The number of hydrogen-bond donors (Lipinski definition) is 3. The second kappa shape index (κ2) is 4.43. The Morgan fingerprint density at radius 3 is 2.81 bits per heavy atom. The number of aromatic amines is 2. The summed E-state index contributed by atoms with van der Waals surface area (Å²) in [5.41, 5.74) is 3.74. The monoisotopic (exact) mass is 278 g/mol. The van der Waals surface area contributed by atoms with Crippen molar-refractivity contribution >= 4 is 11.0 Å². The summed E-state index contributed by atoms with van der Waals surface area (Å²) in [4.78, 5) is 15.1. The van der Waals surface area contributed by atoms with Crippen LogP contribution in [-0.4, -0.2) is 33.0 Å². The third-order valence-electron chi connectivity index (χ3n) is 4.23. The molecule has 21 heavy (non-hydrogen) atoms. The molecule has 1 fully saturated rings. The van der Waals surface area contributed by atoms with E-state index >= 15 is 0 Å². The Bertz CT molecular complexity index is 833. The van der Waals surface area contributed by atoms with E-state index in [9.17, 15) is 0 Å². The average Bonchev–Trinajstić information content (AvgIpc) is 3.11. The molecule has 3 aromatic heterocycles. The number of aromatic nitrogens is 4. The Balaban J connectivity index is 1.90. The molecule has 3 aromatic rings. The van der Waals surface area contributed by atoms with Gasteiger partial charge in [0.1, 0.15) is 12.0 Å². The molecule has 0 unspecified atom stereocenters.